The lowest BCUT2D eigenvalue weighted by molar-refractivity contribution is -0.123. The van der Waals surface area contributed by atoms with Crippen molar-refractivity contribution in [3.05, 3.63) is 35.0 Å². The molecule has 0 aliphatic carbocycles. The summed E-state index contributed by atoms with van der Waals surface area (Å²) in [5.41, 5.74) is 3.58. The quantitative estimate of drug-likeness (QED) is 0.517. The molecule has 0 unspecified atom stereocenters. The summed E-state index contributed by atoms with van der Waals surface area (Å²) in [5, 5.41) is 3.36. The zero-order chi connectivity index (χ0) is 13.9. The molecule has 5 nitrogen and oxygen atoms in total. The molecule has 0 saturated carbocycles. The first-order valence-electron chi connectivity index (χ1n) is 6.76. The number of ether oxygens (including phenoxy) is 1. The summed E-state index contributed by atoms with van der Waals surface area (Å²) in [5.74, 6) is -0.621. The third-order valence-corrected chi connectivity index (χ3v) is 3.74. The van der Waals surface area contributed by atoms with Gasteiger partial charge in [0.2, 0.25) is 0 Å². The van der Waals surface area contributed by atoms with Gasteiger partial charge in [-0.2, -0.15) is 0 Å². The molecular weight excluding hydrogens is 256 g/mol. The highest BCUT2D eigenvalue weighted by atomic mass is 16.6. The van der Waals surface area contributed by atoms with E-state index in [-0.39, 0.29) is 6.47 Å². The molecule has 1 fully saturated rings. The summed E-state index contributed by atoms with van der Waals surface area (Å²) in [6.45, 7) is 3.15. The smallest absolute Gasteiger partial charge is 0.345 e. The van der Waals surface area contributed by atoms with E-state index in [0.29, 0.717) is 5.56 Å². The maximum absolute atomic E-state index is 11.6. The van der Waals surface area contributed by atoms with Crippen LogP contribution in [0.1, 0.15) is 28.8 Å². The van der Waals surface area contributed by atoms with E-state index >= 15 is 0 Å². The Kier molecular flexibility index (Phi) is 3.41. The molecule has 0 spiro atoms. The van der Waals surface area contributed by atoms with Crippen LogP contribution in [0.5, 0.6) is 0 Å². The number of hydrogen-bond acceptors (Lipinski definition) is 5. The maximum atomic E-state index is 11.6. The summed E-state index contributed by atoms with van der Waals surface area (Å²) in [7, 11) is 0. The summed E-state index contributed by atoms with van der Waals surface area (Å²) in [6.07, 6.45) is 4.57. The van der Waals surface area contributed by atoms with Gasteiger partial charge in [0, 0.05) is 30.0 Å². The Hall–Kier alpha value is -2.30. The SMILES string of the molecule is O=COC(=O)c1ccc2c(c1)C=C(N1CCCC1)CN2. The van der Waals surface area contributed by atoms with Crippen LogP contribution in [0.4, 0.5) is 5.69 Å². The van der Waals surface area contributed by atoms with Crippen LogP contribution in [0.3, 0.4) is 0 Å². The summed E-state index contributed by atoms with van der Waals surface area (Å²) in [6, 6.07) is 5.25. The van der Waals surface area contributed by atoms with Crippen molar-refractivity contribution in [3.8, 4) is 0 Å². The van der Waals surface area contributed by atoms with Crippen molar-refractivity contribution in [1.29, 1.82) is 0 Å². The lowest BCUT2D eigenvalue weighted by atomic mass is 10.0. The number of carbonyl (C=O) groups is 2. The van der Waals surface area contributed by atoms with Crippen LogP contribution in [-0.4, -0.2) is 37.0 Å². The first-order valence-corrected chi connectivity index (χ1v) is 6.76. The van der Waals surface area contributed by atoms with Gasteiger partial charge in [-0.05, 0) is 37.1 Å². The average molecular weight is 272 g/mol. The van der Waals surface area contributed by atoms with Gasteiger partial charge >= 0.3 is 12.4 Å². The maximum Gasteiger partial charge on any atom is 0.345 e. The lowest BCUT2D eigenvalue weighted by Crippen LogP contribution is -2.26. The number of nitrogens with zero attached hydrogens (tertiary/aromatic N) is 1. The standard InChI is InChI=1S/C15H16N2O3/c18-10-20-15(19)11-3-4-14-12(7-11)8-13(9-16-14)17-5-1-2-6-17/h3-4,7-8,10,16H,1-2,5-6,9H2. The van der Waals surface area contributed by atoms with Crippen molar-refractivity contribution in [2.45, 2.75) is 12.8 Å². The molecule has 3 rings (SSSR count). The Morgan fingerprint density at radius 2 is 2.10 bits per heavy atom. The number of hydrogen-bond donors (Lipinski definition) is 1. The molecule has 1 saturated heterocycles. The fourth-order valence-corrected chi connectivity index (χ4v) is 2.71. The number of carbonyl (C=O) groups excluding carboxylic acids is 2. The molecule has 2 aliphatic heterocycles. The average Bonchev–Trinajstić information content (AvgIpc) is 3.00. The van der Waals surface area contributed by atoms with Crippen molar-refractivity contribution < 1.29 is 14.3 Å². The van der Waals surface area contributed by atoms with Crippen LogP contribution in [0.15, 0.2) is 23.9 Å². The number of benzene rings is 1. The third kappa shape index (κ3) is 2.39. The Labute approximate surface area is 117 Å². The van der Waals surface area contributed by atoms with Crippen molar-refractivity contribution in [3.63, 3.8) is 0 Å². The van der Waals surface area contributed by atoms with E-state index in [2.05, 4.69) is 21.0 Å². The molecule has 2 heterocycles. The number of rotatable bonds is 3. The van der Waals surface area contributed by atoms with E-state index in [4.69, 9.17) is 0 Å². The first kappa shape index (κ1) is 12.7. The second-order valence-corrected chi connectivity index (χ2v) is 4.99. The van der Waals surface area contributed by atoms with Crippen LogP contribution in [0.2, 0.25) is 0 Å². The van der Waals surface area contributed by atoms with E-state index in [9.17, 15) is 9.59 Å². The second-order valence-electron chi connectivity index (χ2n) is 4.99. The number of anilines is 1. The van der Waals surface area contributed by atoms with Gasteiger partial charge in [-0.3, -0.25) is 4.79 Å². The number of likely N-dealkylation sites (tertiary alicyclic amines) is 1. The number of esters is 1. The van der Waals surface area contributed by atoms with Gasteiger partial charge in [0.25, 0.3) is 0 Å². The Bertz CT molecular complexity index is 574. The molecule has 1 aromatic rings. The monoisotopic (exact) mass is 272 g/mol. The van der Waals surface area contributed by atoms with Crippen molar-refractivity contribution in [1.82, 2.24) is 4.90 Å². The van der Waals surface area contributed by atoms with E-state index in [0.717, 1.165) is 30.9 Å². The Morgan fingerprint density at radius 3 is 2.85 bits per heavy atom. The van der Waals surface area contributed by atoms with Crippen LogP contribution in [-0.2, 0) is 9.53 Å². The molecule has 1 aromatic carbocycles. The molecule has 0 radical (unpaired) electrons. The van der Waals surface area contributed by atoms with Gasteiger partial charge in [0.1, 0.15) is 0 Å². The van der Waals surface area contributed by atoms with Gasteiger partial charge < -0.3 is 15.0 Å². The molecule has 2 aliphatic rings. The Balaban J connectivity index is 1.88. The van der Waals surface area contributed by atoms with Crippen molar-refractivity contribution in [2.75, 3.05) is 25.0 Å². The highest BCUT2D eigenvalue weighted by Gasteiger charge is 2.19. The van der Waals surface area contributed by atoms with Gasteiger partial charge in [-0.1, -0.05) is 0 Å². The number of nitrogens with one attached hydrogen (secondary N) is 1. The topological polar surface area (TPSA) is 58.6 Å². The first-order chi connectivity index (χ1) is 9.78. The largest absolute Gasteiger partial charge is 0.392 e. The third-order valence-electron chi connectivity index (χ3n) is 3.74. The fourth-order valence-electron chi connectivity index (χ4n) is 2.71. The summed E-state index contributed by atoms with van der Waals surface area (Å²) < 4.78 is 4.37. The van der Waals surface area contributed by atoms with Crippen LogP contribution in [0, 0.1) is 0 Å². The molecule has 0 atom stereocenters. The zero-order valence-corrected chi connectivity index (χ0v) is 11.1. The highest BCUT2D eigenvalue weighted by Crippen LogP contribution is 2.28. The fraction of sp³-hybridized carbons (Fsp3) is 0.333. The molecule has 0 amide bonds. The van der Waals surface area contributed by atoms with Gasteiger partial charge in [0.05, 0.1) is 12.1 Å². The molecular formula is C15H16N2O3. The van der Waals surface area contributed by atoms with Crippen LogP contribution >= 0.6 is 0 Å². The summed E-state index contributed by atoms with van der Waals surface area (Å²) in [4.78, 5) is 24.2. The predicted octanol–water partition coefficient (Wildman–Crippen LogP) is 1.86. The molecule has 0 bridgehead atoms. The van der Waals surface area contributed by atoms with E-state index in [1.54, 1.807) is 12.1 Å². The predicted molar refractivity (Wildman–Crippen MR) is 75.2 cm³/mol. The normalized spacial score (nSPS) is 17.0. The molecule has 20 heavy (non-hydrogen) atoms. The van der Waals surface area contributed by atoms with E-state index in [1.807, 2.05) is 6.07 Å². The van der Waals surface area contributed by atoms with Gasteiger partial charge in [-0.25, -0.2) is 4.79 Å². The molecule has 5 heteroatoms. The van der Waals surface area contributed by atoms with Gasteiger partial charge in [0.15, 0.2) is 0 Å². The van der Waals surface area contributed by atoms with E-state index < -0.39 is 5.97 Å². The van der Waals surface area contributed by atoms with Crippen molar-refractivity contribution in [2.24, 2.45) is 0 Å². The van der Waals surface area contributed by atoms with Crippen LogP contribution < -0.4 is 5.32 Å². The van der Waals surface area contributed by atoms with E-state index in [1.165, 1.54) is 18.5 Å². The lowest BCUT2D eigenvalue weighted by Gasteiger charge is -2.26. The minimum atomic E-state index is -0.621. The van der Waals surface area contributed by atoms with Crippen LogP contribution in [0.25, 0.3) is 6.08 Å². The van der Waals surface area contributed by atoms with Crippen molar-refractivity contribution >= 4 is 24.2 Å². The zero-order valence-electron chi connectivity index (χ0n) is 11.1. The minimum Gasteiger partial charge on any atom is -0.392 e. The van der Waals surface area contributed by atoms with Gasteiger partial charge in [-0.15, -0.1) is 0 Å². The molecule has 0 aromatic heterocycles. The summed E-state index contributed by atoms with van der Waals surface area (Å²) >= 11 is 0. The Morgan fingerprint density at radius 1 is 1.30 bits per heavy atom. The number of fused-ring (bicyclic) bond motifs is 1. The highest BCUT2D eigenvalue weighted by molar-refractivity contribution is 5.94. The minimum absolute atomic E-state index is 0.158. The molecule has 1 N–H and O–H groups in total. The second kappa shape index (κ2) is 5.36. The molecule has 104 valence electrons.